The number of hydrogen-bond acceptors (Lipinski definition) is 4. The van der Waals surface area contributed by atoms with Crippen molar-refractivity contribution in [1.82, 2.24) is 9.97 Å². The van der Waals surface area contributed by atoms with Gasteiger partial charge in [-0.1, -0.05) is 30.0 Å². The zero-order valence-corrected chi connectivity index (χ0v) is 12.2. The zero-order chi connectivity index (χ0) is 13.9. The average molecular weight is 287 g/mol. The van der Waals surface area contributed by atoms with E-state index in [0.29, 0.717) is 11.7 Å². The number of nitrogens with one attached hydrogen (secondary N) is 1. The maximum absolute atomic E-state index is 11.6. The SMILES string of the molecule is CSc1nc(CN2CCCc3ccccc32)cc(=O)[nH]1. The summed E-state index contributed by atoms with van der Waals surface area (Å²) in [6, 6.07) is 10.1. The Morgan fingerprint density at radius 3 is 3.10 bits per heavy atom. The second-order valence-electron chi connectivity index (χ2n) is 4.90. The summed E-state index contributed by atoms with van der Waals surface area (Å²) >= 11 is 1.46. The van der Waals surface area contributed by atoms with Gasteiger partial charge < -0.3 is 9.88 Å². The van der Waals surface area contributed by atoms with Crippen molar-refractivity contribution < 1.29 is 0 Å². The molecule has 5 heteroatoms. The molecule has 0 saturated carbocycles. The first-order chi connectivity index (χ1) is 9.76. The molecule has 0 amide bonds. The van der Waals surface area contributed by atoms with Crippen molar-refractivity contribution in [2.24, 2.45) is 0 Å². The number of thioether (sulfide) groups is 1. The molecule has 2 heterocycles. The van der Waals surface area contributed by atoms with E-state index in [-0.39, 0.29) is 5.56 Å². The quantitative estimate of drug-likeness (QED) is 0.696. The molecule has 0 spiro atoms. The van der Waals surface area contributed by atoms with E-state index in [0.717, 1.165) is 25.1 Å². The molecule has 0 atom stereocenters. The number of benzene rings is 1. The van der Waals surface area contributed by atoms with Gasteiger partial charge in [-0.2, -0.15) is 0 Å². The number of aromatic amines is 1. The molecular weight excluding hydrogens is 270 g/mol. The number of fused-ring (bicyclic) bond motifs is 1. The molecule has 1 aromatic carbocycles. The number of hydrogen-bond donors (Lipinski definition) is 1. The summed E-state index contributed by atoms with van der Waals surface area (Å²) in [4.78, 5) is 21.2. The van der Waals surface area contributed by atoms with Gasteiger partial charge in [0.2, 0.25) is 0 Å². The Labute approximate surface area is 122 Å². The maximum Gasteiger partial charge on any atom is 0.251 e. The summed E-state index contributed by atoms with van der Waals surface area (Å²) in [6.45, 7) is 1.70. The summed E-state index contributed by atoms with van der Waals surface area (Å²) in [6.07, 6.45) is 4.19. The maximum atomic E-state index is 11.6. The van der Waals surface area contributed by atoms with Crippen LogP contribution in [0.1, 0.15) is 17.7 Å². The molecule has 4 nitrogen and oxygen atoms in total. The third-order valence-corrected chi connectivity index (χ3v) is 4.11. The molecule has 0 bridgehead atoms. The molecule has 0 fully saturated rings. The molecule has 2 aromatic rings. The molecular formula is C15H17N3OS. The van der Waals surface area contributed by atoms with E-state index in [1.165, 1.54) is 23.0 Å². The normalized spacial score (nSPS) is 14.2. The number of aromatic nitrogens is 2. The van der Waals surface area contributed by atoms with Crippen molar-refractivity contribution in [2.45, 2.75) is 24.5 Å². The van der Waals surface area contributed by atoms with Crippen molar-refractivity contribution >= 4 is 17.4 Å². The van der Waals surface area contributed by atoms with Crippen LogP contribution in [-0.4, -0.2) is 22.8 Å². The fourth-order valence-electron chi connectivity index (χ4n) is 2.63. The van der Waals surface area contributed by atoms with Crippen molar-refractivity contribution in [3.63, 3.8) is 0 Å². The highest BCUT2D eigenvalue weighted by molar-refractivity contribution is 7.98. The summed E-state index contributed by atoms with van der Waals surface area (Å²) in [7, 11) is 0. The molecule has 3 rings (SSSR count). The van der Waals surface area contributed by atoms with Gasteiger partial charge in [-0.3, -0.25) is 4.79 Å². The first-order valence-corrected chi connectivity index (χ1v) is 7.96. The van der Waals surface area contributed by atoms with Gasteiger partial charge in [0.05, 0.1) is 12.2 Å². The Balaban J connectivity index is 1.89. The van der Waals surface area contributed by atoms with Crippen LogP contribution >= 0.6 is 11.8 Å². The summed E-state index contributed by atoms with van der Waals surface area (Å²) in [5.41, 5.74) is 3.40. The summed E-state index contributed by atoms with van der Waals surface area (Å²) < 4.78 is 0. The topological polar surface area (TPSA) is 49.0 Å². The van der Waals surface area contributed by atoms with Crippen LogP contribution in [-0.2, 0) is 13.0 Å². The lowest BCUT2D eigenvalue weighted by Crippen LogP contribution is -2.29. The lowest BCUT2D eigenvalue weighted by Gasteiger charge is -2.31. The molecule has 104 valence electrons. The van der Waals surface area contributed by atoms with Gasteiger partial charge in [-0.15, -0.1) is 0 Å². The molecule has 1 aliphatic heterocycles. The van der Waals surface area contributed by atoms with Gasteiger partial charge >= 0.3 is 0 Å². The summed E-state index contributed by atoms with van der Waals surface area (Å²) in [5, 5.41) is 0.679. The molecule has 0 saturated heterocycles. The van der Waals surface area contributed by atoms with Crippen molar-refractivity contribution in [3.8, 4) is 0 Å². The minimum Gasteiger partial charge on any atom is -0.365 e. The van der Waals surface area contributed by atoms with Crippen molar-refractivity contribution in [2.75, 3.05) is 17.7 Å². The van der Waals surface area contributed by atoms with E-state index in [2.05, 4.69) is 39.1 Å². The van der Waals surface area contributed by atoms with Gasteiger partial charge in [0.25, 0.3) is 5.56 Å². The number of anilines is 1. The zero-order valence-electron chi connectivity index (χ0n) is 11.4. The Hall–Kier alpha value is -1.75. The Morgan fingerprint density at radius 1 is 1.40 bits per heavy atom. The van der Waals surface area contributed by atoms with Crippen LogP contribution in [0.2, 0.25) is 0 Å². The standard InChI is InChI=1S/C15H17N3OS/c1-20-15-16-12(9-14(19)17-15)10-18-8-4-6-11-5-2-3-7-13(11)18/h2-3,5,7,9H,4,6,8,10H2,1H3,(H,16,17,19). The van der Waals surface area contributed by atoms with Crippen LogP contribution in [0, 0.1) is 0 Å². The fraction of sp³-hybridized carbons (Fsp3) is 0.333. The molecule has 20 heavy (non-hydrogen) atoms. The Bertz CT molecular complexity index is 668. The smallest absolute Gasteiger partial charge is 0.251 e. The molecule has 0 aliphatic carbocycles. The minimum absolute atomic E-state index is 0.0790. The molecule has 1 N–H and O–H groups in total. The third-order valence-electron chi connectivity index (χ3n) is 3.53. The largest absolute Gasteiger partial charge is 0.365 e. The van der Waals surface area contributed by atoms with E-state index in [1.807, 2.05) is 6.26 Å². The predicted octanol–water partition coefficient (Wildman–Crippen LogP) is 2.44. The van der Waals surface area contributed by atoms with E-state index in [4.69, 9.17) is 0 Å². The first-order valence-electron chi connectivity index (χ1n) is 6.73. The minimum atomic E-state index is -0.0790. The van der Waals surface area contributed by atoms with Crippen molar-refractivity contribution in [1.29, 1.82) is 0 Å². The van der Waals surface area contributed by atoms with E-state index in [9.17, 15) is 4.79 Å². The second-order valence-corrected chi connectivity index (χ2v) is 5.69. The third kappa shape index (κ3) is 2.72. The number of nitrogens with zero attached hydrogens (tertiary/aromatic N) is 2. The summed E-state index contributed by atoms with van der Waals surface area (Å²) in [5.74, 6) is 0. The lowest BCUT2D eigenvalue weighted by molar-refractivity contribution is 0.676. The van der Waals surface area contributed by atoms with Crippen LogP contribution in [0.5, 0.6) is 0 Å². The van der Waals surface area contributed by atoms with Gasteiger partial charge in [0.1, 0.15) is 0 Å². The predicted molar refractivity (Wildman–Crippen MR) is 82.5 cm³/mol. The molecule has 1 aliphatic rings. The second kappa shape index (κ2) is 5.71. The Morgan fingerprint density at radius 2 is 2.25 bits per heavy atom. The van der Waals surface area contributed by atoms with Crippen LogP contribution in [0.4, 0.5) is 5.69 Å². The van der Waals surface area contributed by atoms with Crippen LogP contribution < -0.4 is 10.5 Å². The van der Waals surface area contributed by atoms with Gasteiger partial charge in [0.15, 0.2) is 5.16 Å². The highest BCUT2D eigenvalue weighted by Gasteiger charge is 2.17. The highest BCUT2D eigenvalue weighted by atomic mass is 32.2. The fourth-order valence-corrected chi connectivity index (χ4v) is 3.04. The van der Waals surface area contributed by atoms with Crippen LogP contribution in [0.15, 0.2) is 40.3 Å². The van der Waals surface area contributed by atoms with Crippen LogP contribution in [0.25, 0.3) is 0 Å². The van der Waals surface area contributed by atoms with Gasteiger partial charge in [-0.05, 0) is 30.7 Å². The highest BCUT2D eigenvalue weighted by Crippen LogP contribution is 2.27. The van der Waals surface area contributed by atoms with Gasteiger partial charge in [-0.25, -0.2) is 4.98 Å². The number of aryl methyl sites for hydroxylation is 1. The lowest BCUT2D eigenvalue weighted by atomic mass is 10.0. The molecule has 1 aromatic heterocycles. The molecule has 0 unspecified atom stereocenters. The average Bonchev–Trinajstić information content (AvgIpc) is 2.47. The monoisotopic (exact) mass is 287 g/mol. The van der Waals surface area contributed by atoms with Crippen LogP contribution in [0.3, 0.4) is 0 Å². The first kappa shape index (κ1) is 13.2. The van der Waals surface area contributed by atoms with Crippen molar-refractivity contribution in [3.05, 3.63) is 51.9 Å². The number of rotatable bonds is 3. The van der Waals surface area contributed by atoms with E-state index >= 15 is 0 Å². The van der Waals surface area contributed by atoms with E-state index < -0.39 is 0 Å². The van der Waals surface area contributed by atoms with Gasteiger partial charge in [0, 0.05) is 18.3 Å². The molecule has 0 radical (unpaired) electrons. The number of para-hydroxylation sites is 1. The Kier molecular flexibility index (Phi) is 3.78. The number of H-pyrrole nitrogens is 1. The van der Waals surface area contributed by atoms with E-state index in [1.54, 1.807) is 6.07 Å².